The van der Waals surface area contributed by atoms with Crippen molar-refractivity contribution in [1.82, 2.24) is 20.4 Å². The van der Waals surface area contributed by atoms with E-state index >= 15 is 0 Å². The van der Waals surface area contributed by atoms with Gasteiger partial charge in [0.2, 0.25) is 5.78 Å². The van der Waals surface area contributed by atoms with E-state index in [9.17, 15) is 9.59 Å². The highest BCUT2D eigenvalue weighted by molar-refractivity contribution is 7.99. The van der Waals surface area contributed by atoms with Crippen LogP contribution in [-0.4, -0.2) is 52.3 Å². The monoisotopic (exact) mass is 396 g/mol. The van der Waals surface area contributed by atoms with Gasteiger partial charge in [0.1, 0.15) is 0 Å². The molecule has 0 saturated heterocycles. The molecule has 0 unspecified atom stereocenters. The maximum Gasteiger partial charge on any atom is 0.317 e. The third-order valence-electron chi connectivity index (χ3n) is 4.78. The number of nitrogens with zero attached hydrogens (tertiary/aromatic N) is 3. The number of thioether (sulfide) groups is 1. The molecular weight excluding hydrogens is 364 g/mol. The number of carbonyl (C=O) groups excluding carboxylic acids is 2. The number of rotatable bonds is 9. The number of amides is 2. The van der Waals surface area contributed by atoms with Gasteiger partial charge in [-0.05, 0) is 25.2 Å². The van der Waals surface area contributed by atoms with Crippen LogP contribution in [0, 0.1) is 5.92 Å². The minimum absolute atomic E-state index is 0.0300. The molecule has 2 amide bonds. The molecule has 0 spiro atoms. The number of ketones is 1. The van der Waals surface area contributed by atoms with Crippen LogP contribution in [0.1, 0.15) is 75.9 Å². The molecule has 1 aliphatic rings. The SMILES string of the molecule is CC(C)CCC(=O)c1nnc(SCCN(C)C(=O)NC2CCCCCC2)o1. The number of hydrogen-bond donors (Lipinski definition) is 1. The molecular formula is C19H32N4O3S. The maximum atomic E-state index is 12.3. The van der Waals surface area contributed by atoms with E-state index in [1.807, 2.05) is 0 Å². The summed E-state index contributed by atoms with van der Waals surface area (Å²) in [6.45, 7) is 4.72. The fraction of sp³-hybridized carbons (Fsp3) is 0.789. The highest BCUT2D eigenvalue weighted by Crippen LogP contribution is 2.19. The van der Waals surface area contributed by atoms with Gasteiger partial charge in [-0.25, -0.2) is 4.79 Å². The van der Waals surface area contributed by atoms with Crippen molar-refractivity contribution in [3.8, 4) is 0 Å². The van der Waals surface area contributed by atoms with Gasteiger partial charge in [0.15, 0.2) is 0 Å². The van der Waals surface area contributed by atoms with Crippen LogP contribution in [0.3, 0.4) is 0 Å². The Kier molecular flexibility index (Phi) is 9.10. The molecule has 0 radical (unpaired) electrons. The van der Waals surface area contributed by atoms with Crippen LogP contribution in [0.5, 0.6) is 0 Å². The first-order chi connectivity index (χ1) is 13.0. The number of nitrogens with one attached hydrogen (secondary N) is 1. The van der Waals surface area contributed by atoms with E-state index in [1.165, 1.54) is 37.4 Å². The quantitative estimate of drug-likeness (QED) is 0.383. The van der Waals surface area contributed by atoms with Crippen molar-refractivity contribution >= 4 is 23.6 Å². The lowest BCUT2D eigenvalue weighted by Gasteiger charge is -2.22. The van der Waals surface area contributed by atoms with E-state index in [4.69, 9.17) is 4.42 Å². The topological polar surface area (TPSA) is 88.3 Å². The lowest BCUT2D eigenvalue weighted by molar-refractivity contribution is 0.0936. The van der Waals surface area contributed by atoms with Gasteiger partial charge < -0.3 is 14.6 Å². The Labute approximate surface area is 166 Å². The second-order valence-electron chi connectivity index (χ2n) is 7.64. The fourth-order valence-corrected chi connectivity index (χ4v) is 3.76. The van der Waals surface area contributed by atoms with Crippen LogP contribution in [0.15, 0.2) is 9.64 Å². The van der Waals surface area contributed by atoms with E-state index in [-0.39, 0.29) is 17.7 Å². The number of carbonyl (C=O) groups is 2. The summed E-state index contributed by atoms with van der Waals surface area (Å²) in [5.74, 6) is 1.07. The Morgan fingerprint density at radius 1 is 1.22 bits per heavy atom. The zero-order valence-corrected chi connectivity index (χ0v) is 17.5. The first-order valence-electron chi connectivity index (χ1n) is 9.97. The maximum absolute atomic E-state index is 12.3. The Hall–Kier alpha value is -1.57. The first-order valence-corrected chi connectivity index (χ1v) is 11.0. The third-order valence-corrected chi connectivity index (χ3v) is 5.57. The van der Waals surface area contributed by atoms with Gasteiger partial charge in [-0.2, -0.15) is 0 Å². The smallest absolute Gasteiger partial charge is 0.317 e. The summed E-state index contributed by atoms with van der Waals surface area (Å²) in [6.07, 6.45) is 8.31. The predicted octanol–water partition coefficient (Wildman–Crippen LogP) is 4.14. The van der Waals surface area contributed by atoms with Crippen LogP contribution in [0.2, 0.25) is 0 Å². The van der Waals surface area contributed by atoms with E-state index in [1.54, 1.807) is 11.9 Å². The van der Waals surface area contributed by atoms with E-state index in [2.05, 4.69) is 29.4 Å². The molecule has 1 saturated carbocycles. The Morgan fingerprint density at radius 3 is 2.59 bits per heavy atom. The molecule has 8 heteroatoms. The minimum atomic E-state index is -0.108. The second-order valence-corrected chi connectivity index (χ2v) is 8.68. The van der Waals surface area contributed by atoms with Gasteiger partial charge in [0, 0.05) is 31.8 Å². The molecule has 0 aromatic carbocycles. The Balaban J connectivity index is 1.69. The summed E-state index contributed by atoms with van der Waals surface area (Å²) in [5, 5.41) is 11.3. The van der Waals surface area contributed by atoms with Gasteiger partial charge >= 0.3 is 6.03 Å². The number of hydrogen-bond acceptors (Lipinski definition) is 6. The molecule has 1 fully saturated rings. The first kappa shape index (κ1) is 21.7. The highest BCUT2D eigenvalue weighted by Gasteiger charge is 2.18. The minimum Gasteiger partial charge on any atom is -0.408 e. The molecule has 0 bridgehead atoms. The largest absolute Gasteiger partial charge is 0.408 e. The summed E-state index contributed by atoms with van der Waals surface area (Å²) < 4.78 is 5.43. The highest BCUT2D eigenvalue weighted by atomic mass is 32.2. The average Bonchev–Trinajstić information content (AvgIpc) is 2.96. The van der Waals surface area contributed by atoms with Crippen molar-refractivity contribution in [2.24, 2.45) is 5.92 Å². The molecule has 27 heavy (non-hydrogen) atoms. The van der Waals surface area contributed by atoms with Crippen molar-refractivity contribution in [3.63, 3.8) is 0 Å². The molecule has 1 aliphatic carbocycles. The summed E-state index contributed by atoms with van der Waals surface area (Å²) in [5.41, 5.74) is 0. The van der Waals surface area contributed by atoms with Gasteiger partial charge in [-0.15, -0.1) is 10.2 Å². The second kappa shape index (κ2) is 11.3. The van der Waals surface area contributed by atoms with Crippen molar-refractivity contribution in [2.75, 3.05) is 19.3 Å². The van der Waals surface area contributed by atoms with Crippen molar-refractivity contribution < 1.29 is 14.0 Å². The number of aromatic nitrogens is 2. The predicted molar refractivity (Wildman–Crippen MR) is 106 cm³/mol. The zero-order valence-electron chi connectivity index (χ0n) is 16.7. The van der Waals surface area contributed by atoms with Crippen LogP contribution in [-0.2, 0) is 0 Å². The van der Waals surface area contributed by atoms with E-state index in [0.29, 0.717) is 35.9 Å². The lowest BCUT2D eigenvalue weighted by atomic mass is 10.1. The van der Waals surface area contributed by atoms with Crippen molar-refractivity contribution in [3.05, 3.63) is 5.89 Å². The van der Waals surface area contributed by atoms with Crippen molar-refractivity contribution in [2.45, 2.75) is 76.5 Å². The molecule has 1 heterocycles. The zero-order chi connectivity index (χ0) is 19.6. The standard InChI is InChI=1S/C19H32N4O3S/c1-14(2)10-11-16(24)17-21-22-19(26-17)27-13-12-23(3)18(25)20-15-8-6-4-5-7-9-15/h14-15H,4-13H2,1-3H3,(H,20,25). The average molecular weight is 397 g/mol. The molecule has 2 rings (SSSR count). The Morgan fingerprint density at radius 2 is 1.93 bits per heavy atom. The molecule has 1 aromatic rings. The van der Waals surface area contributed by atoms with Crippen LogP contribution < -0.4 is 5.32 Å². The number of Topliss-reactive ketones (excluding diaryl/α,β-unsaturated/α-hetero) is 1. The lowest BCUT2D eigenvalue weighted by Crippen LogP contribution is -2.43. The van der Waals surface area contributed by atoms with E-state index in [0.717, 1.165) is 19.3 Å². The summed E-state index contributed by atoms with van der Waals surface area (Å²) in [4.78, 5) is 26.0. The molecule has 1 aromatic heterocycles. The molecule has 152 valence electrons. The number of urea groups is 1. The molecule has 0 aliphatic heterocycles. The summed E-state index contributed by atoms with van der Waals surface area (Å²) in [7, 11) is 1.79. The molecule has 7 nitrogen and oxygen atoms in total. The fourth-order valence-electron chi connectivity index (χ4n) is 2.99. The van der Waals surface area contributed by atoms with Gasteiger partial charge in [0.25, 0.3) is 11.1 Å². The summed E-state index contributed by atoms with van der Waals surface area (Å²) >= 11 is 1.36. The molecule has 0 atom stereocenters. The van der Waals surface area contributed by atoms with Gasteiger partial charge in [-0.1, -0.05) is 51.3 Å². The Bertz CT molecular complexity index is 598. The summed E-state index contributed by atoms with van der Waals surface area (Å²) in [6, 6.07) is 0.267. The van der Waals surface area contributed by atoms with Crippen LogP contribution >= 0.6 is 11.8 Å². The molecule has 1 N–H and O–H groups in total. The van der Waals surface area contributed by atoms with Gasteiger partial charge in [0.05, 0.1) is 0 Å². The van der Waals surface area contributed by atoms with Crippen LogP contribution in [0.25, 0.3) is 0 Å². The van der Waals surface area contributed by atoms with Crippen molar-refractivity contribution in [1.29, 1.82) is 0 Å². The van der Waals surface area contributed by atoms with E-state index < -0.39 is 0 Å². The van der Waals surface area contributed by atoms with Crippen LogP contribution in [0.4, 0.5) is 4.79 Å². The van der Waals surface area contributed by atoms with Gasteiger partial charge in [-0.3, -0.25) is 4.79 Å². The third kappa shape index (κ3) is 7.91. The normalized spacial score (nSPS) is 15.6.